The third-order valence-electron chi connectivity index (χ3n) is 1.96. The number of hydrogen-bond acceptors (Lipinski definition) is 5. The summed E-state index contributed by atoms with van der Waals surface area (Å²) in [6, 6.07) is 0. The topological polar surface area (TPSA) is 116 Å². The first-order chi connectivity index (χ1) is 7.61. The molecule has 1 aromatic rings. The summed E-state index contributed by atoms with van der Waals surface area (Å²) in [4.78, 5) is 21.7. The summed E-state index contributed by atoms with van der Waals surface area (Å²) in [7, 11) is 0. The largest absolute Gasteiger partial charge is 0.349 e. The maximum absolute atomic E-state index is 11.6. The molecule has 8 nitrogen and oxygen atoms in total. The number of nitro groups is 1. The number of amides is 1. The normalized spacial score (nSPS) is 10.1. The van der Waals surface area contributed by atoms with Crippen molar-refractivity contribution in [3.63, 3.8) is 0 Å². The lowest BCUT2D eigenvalue weighted by Crippen LogP contribution is -2.31. The van der Waals surface area contributed by atoms with Crippen LogP contribution >= 0.6 is 0 Å². The molecule has 0 saturated heterocycles. The van der Waals surface area contributed by atoms with Gasteiger partial charge in [-0.2, -0.15) is 5.10 Å². The lowest BCUT2D eigenvalue weighted by molar-refractivity contribution is -0.385. The number of aromatic nitrogens is 2. The minimum Gasteiger partial charge on any atom is -0.349 e. The lowest BCUT2D eigenvalue weighted by atomic mass is 10.3. The second kappa shape index (κ2) is 5.21. The highest BCUT2D eigenvalue weighted by atomic mass is 16.6. The maximum Gasteiger partial charge on any atom is 0.320 e. The highest BCUT2D eigenvalue weighted by molar-refractivity contribution is 5.96. The summed E-state index contributed by atoms with van der Waals surface area (Å²) >= 11 is 0. The van der Waals surface area contributed by atoms with Gasteiger partial charge in [0.1, 0.15) is 6.20 Å². The zero-order chi connectivity index (χ0) is 12.1. The average molecular weight is 227 g/mol. The molecule has 3 N–H and O–H groups in total. The molecule has 16 heavy (non-hydrogen) atoms. The van der Waals surface area contributed by atoms with E-state index in [1.807, 2.05) is 0 Å². The van der Waals surface area contributed by atoms with Crippen LogP contribution in [0.3, 0.4) is 0 Å². The summed E-state index contributed by atoms with van der Waals surface area (Å²) in [5.74, 6) is -0.531. The van der Waals surface area contributed by atoms with E-state index in [1.54, 1.807) is 6.92 Å². The van der Waals surface area contributed by atoms with Crippen molar-refractivity contribution in [2.45, 2.75) is 13.5 Å². The fraction of sp³-hybridized carbons (Fsp3) is 0.500. The molecule has 0 bridgehead atoms. The van der Waals surface area contributed by atoms with Gasteiger partial charge in [-0.15, -0.1) is 0 Å². The van der Waals surface area contributed by atoms with Crippen LogP contribution in [0.25, 0.3) is 0 Å². The Morgan fingerprint density at radius 2 is 2.44 bits per heavy atom. The van der Waals surface area contributed by atoms with Gasteiger partial charge in [-0.25, -0.2) is 0 Å². The minimum atomic E-state index is -0.628. The molecule has 88 valence electrons. The van der Waals surface area contributed by atoms with Crippen LogP contribution in [-0.2, 0) is 6.54 Å². The Labute approximate surface area is 91.6 Å². The van der Waals surface area contributed by atoms with Crippen LogP contribution in [0.1, 0.15) is 17.4 Å². The van der Waals surface area contributed by atoms with Crippen molar-refractivity contribution in [2.75, 3.05) is 13.1 Å². The van der Waals surface area contributed by atoms with Gasteiger partial charge in [-0.3, -0.25) is 19.6 Å². The number of nitrogens with two attached hydrogens (primary N) is 1. The molecule has 0 atom stereocenters. The van der Waals surface area contributed by atoms with Crippen molar-refractivity contribution >= 4 is 11.6 Å². The van der Waals surface area contributed by atoms with Crippen LogP contribution in [0.15, 0.2) is 6.20 Å². The molecule has 0 fully saturated rings. The van der Waals surface area contributed by atoms with Crippen LogP contribution in [0, 0.1) is 10.1 Å². The van der Waals surface area contributed by atoms with Gasteiger partial charge in [-0.05, 0) is 6.92 Å². The summed E-state index contributed by atoms with van der Waals surface area (Å²) in [6.45, 7) is 2.68. The molecule has 0 radical (unpaired) electrons. The SMILES string of the molecule is CCn1ncc([N+](=O)[O-])c1C(=O)NCCN. The molecule has 1 amide bonds. The highest BCUT2D eigenvalue weighted by Gasteiger charge is 2.25. The minimum absolute atomic E-state index is 0.0408. The van der Waals surface area contributed by atoms with Crippen molar-refractivity contribution in [2.24, 2.45) is 5.73 Å². The maximum atomic E-state index is 11.6. The Hall–Kier alpha value is -1.96. The van der Waals surface area contributed by atoms with Gasteiger partial charge in [0, 0.05) is 19.6 Å². The fourth-order valence-electron chi connectivity index (χ4n) is 1.25. The van der Waals surface area contributed by atoms with Crippen molar-refractivity contribution in [3.8, 4) is 0 Å². The third-order valence-corrected chi connectivity index (χ3v) is 1.96. The Morgan fingerprint density at radius 1 is 1.75 bits per heavy atom. The Kier molecular flexibility index (Phi) is 3.95. The Morgan fingerprint density at radius 3 is 2.94 bits per heavy atom. The average Bonchev–Trinajstić information content (AvgIpc) is 2.69. The first-order valence-corrected chi connectivity index (χ1v) is 4.80. The van der Waals surface area contributed by atoms with Crippen molar-refractivity contribution < 1.29 is 9.72 Å². The van der Waals surface area contributed by atoms with Crippen LogP contribution in [0.2, 0.25) is 0 Å². The van der Waals surface area contributed by atoms with Gasteiger partial charge in [0.25, 0.3) is 5.91 Å². The van der Waals surface area contributed by atoms with E-state index in [0.29, 0.717) is 6.54 Å². The molecule has 0 spiro atoms. The Balaban J connectivity index is 3.03. The van der Waals surface area contributed by atoms with E-state index in [0.717, 1.165) is 6.20 Å². The molecular formula is C8H13N5O3. The number of nitrogens with zero attached hydrogens (tertiary/aromatic N) is 3. The van der Waals surface area contributed by atoms with Crippen molar-refractivity contribution in [1.29, 1.82) is 0 Å². The Bertz CT molecular complexity index is 400. The predicted molar refractivity (Wildman–Crippen MR) is 55.9 cm³/mol. The van der Waals surface area contributed by atoms with Gasteiger partial charge in [0.05, 0.1) is 4.92 Å². The molecule has 1 heterocycles. The van der Waals surface area contributed by atoms with E-state index in [4.69, 9.17) is 5.73 Å². The number of carbonyl (C=O) groups excluding carboxylic acids is 1. The summed E-state index contributed by atoms with van der Waals surface area (Å²) in [5.41, 5.74) is 4.89. The van der Waals surface area contributed by atoms with E-state index < -0.39 is 10.8 Å². The van der Waals surface area contributed by atoms with Crippen molar-refractivity contribution in [3.05, 3.63) is 22.0 Å². The lowest BCUT2D eigenvalue weighted by Gasteiger charge is -2.04. The molecule has 0 aliphatic rings. The summed E-state index contributed by atoms with van der Waals surface area (Å²) < 4.78 is 1.28. The molecule has 0 aliphatic heterocycles. The number of rotatable bonds is 5. The molecule has 1 aromatic heterocycles. The predicted octanol–water partition coefficient (Wildman–Crippen LogP) is -0.500. The van der Waals surface area contributed by atoms with E-state index in [-0.39, 0.29) is 24.5 Å². The van der Waals surface area contributed by atoms with Gasteiger partial charge < -0.3 is 11.1 Å². The summed E-state index contributed by atoms with van der Waals surface area (Å²) in [5, 5.41) is 16.9. The smallest absolute Gasteiger partial charge is 0.320 e. The van der Waals surface area contributed by atoms with Crippen LogP contribution in [-0.4, -0.2) is 33.7 Å². The summed E-state index contributed by atoms with van der Waals surface area (Å²) in [6.07, 6.45) is 1.07. The van der Waals surface area contributed by atoms with Crippen LogP contribution < -0.4 is 11.1 Å². The first-order valence-electron chi connectivity index (χ1n) is 4.80. The van der Waals surface area contributed by atoms with E-state index in [9.17, 15) is 14.9 Å². The van der Waals surface area contributed by atoms with Gasteiger partial charge in [-0.1, -0.05) is 0 Å². The quantitative estimate of drug-likeness (QED) is 0.519. The molecule has 0 saturated carbocycles. The van der Waals surface area contributed by atoms with Gasteiger partial charge >= 0.3 is 5.69 Å². The van der Waals surface area contributed by atoms with Crippen molar-refractivity contribution in [1.82, 2.24) is 15.1 Å². The molecule has 0 aromatic carbocycles. The number of hydrogen-bond donors (Lipinski definition) is 2. The second-order valence-corrected chi connectivity index (χ2v) is 3.00. The van der Waals surface area contributed by atoms with Gasteiger partial charge in [0.2, 0.25) is 5.69 Å². The molecule has 8 heteroatoms. The fourth-order valence-corrected chi connectivity index (χ4v) is 1.25. The first kappa shape index (κ1) is 12.1. The second-order valence-electron chi connectivity index (χ2n) is 3.00. The number of carbonyl (C=O) groups is 1. The molecule has 1 rings (SSSR count). The van der Waals surface area contributed by atoms with E-state index in [2.05, 4.69) is 10.4 Å². The molecule has 0 unspecified atom stereocenters. The standard InChI is InChI=1S/C8H13N5O3/c1-2-12-7(8(14)10-4-3-9)6(5-11-12)13(15)16/h5H,2-4,9H2,1H3,(H,10,14). The van der Waals surface area contributed by atoms with Crippen LogP contribution in [0.4, 0.5) is 5.69 Å². The number of nitrogens with one attached hydrogen (secondary N) is 1. The zero-order valence-corrected chi connectivity index (χ0v) is 8.84. The monoisotopic (exact) mass is 227 g/mol. The zero-order valence-electron chi connectivity index (χ0n) is 8.84. The molecular weight excluding hydrogens is 214 g/mol. The molecule has 0 aliphatic carbocycles. The third kappa shape index (κ3) is 2.34. The van der Waals surface area contributed by atoms with E-state index >= 15 is 0 Å². The van der Waals surface area contributed by atoms with Gasteiger partial charge in [0.15, 0.2) is 0 Å². The number of aryl methyl sites for hydroxylation is 1. The van der Waals surface area contributed by atoms with E-state index in [1.165, 1.54) is 4.68 Å². The van der Waals surface area contributed by atoms with Crippen LogP contribution in [0.5, 0.6) is 0 Å². The highest BCUT2D eigenvalue weighted by Crippen LogP contribution is 2.17.